The van der Waals surface area contributed by atoms with Crippen LogP contribution in [0.5, 0.6) is 0 Å². The summed E-state index contributed by atoms with van der Waals surface area (Å²) in [5.41, 5.74) is 1.04. The molecule has 132 valence electrons. The summed E-state index contributed by atoms with van der Waals surface area (Å²) in [7, 11) is 0. The van der Waals surface area contributed by atoms with Gasteiger partial charge in [0.25, 0.3) is 0 Å². The van der Waals surface area contributed by atoms with Gasteiger partial charge in [-0.05, 0) is 55.7 Å². The Balaban J connectivity index is 1.35. The highest BCUT2D eigenvalue weighted by molar-refractivity contribution is 7.80. The summed E-state index contributed by atoms with van der Waals surface area (Å²) in [5, 5.41) is 7.60. The van der Waals surface area contributed by atoms with E-state index in [0.717, 1.165) is 23.1 Å². The van der Waals surface area contributed by atoms with Gasteiger partial charge in [0.2, 0.25) is 0 Å². The molecule has 0 saturated carbocycles. The molecule has 3 heterocycles. The SMILES string of the molecule is S=C(Nc1ccccc1)NC1C[C@H]2CCC[C@@H](C1)[NH+]2Cc1ccco1. The molecule has 2 fully saturated rings. The first-order valence-corrected chi connectivity index (χ1v) is 9.69. The molecule has 0 amide bonds. The van der Waals surface area contributed by atoms with Crippen LogP contribution in [0.25, 0.3) is 0 Å². The van der Waals surface area contributed by atoms with Crippen molar-refractivity contribution in [2.75, 3.05) is 5.32 Å². The van der Waals surface area contributed by atoms with E-state index < -0.39 is 0 Å². The highest BCUT2D eigenvalue weighted by atomic mass is 32.1. The Morgan fingerprint density at radius 1 is 1.08 bits per heavy atom. The number of fused-ring (bicyclic) bond motifs is 2. The second kappa shape index (κ2) is 7.58. The topological polar surface area (TPSA) is 41.6 Å². The summed E-state index contributed by atoms with van der Waals surface area (Å²) < 4.78 is 5.59. The Labute approximate surface area is 154 Å². The molecule has 1 aromatic heterocycles. The van der Waals surface area contributed by atoms with Gasteiger partial charge in [-0.25, -0.2) is 0 Å². The number of hydrogen-bond donors (Lipinski definition) is 3. The first kappa shape index (κ1) is 16.6. The van der Waals surface area contributed by atoms with Crippen LogP contribution in [0, 0.1) is 0 Å². The monoisotopic (exact) mass is 356 g/mol. The fourth-order valence-electron chi connectivity index (χ4n) is 4.53. The predicted octanol–water partition coefficient (Wildman–Crippen LogP) is 2.73. The lowest BCUT2D eigenvalue weighted by molar-refractivity contribution is -0.974. The lowest BCUT2D eigenvalue weighted by Gasteiger charge is -2.45. The maximum Gasteiger partial charge on any atom is 0.171 e. The fourth-order valence-corrected chi connectivity index (χ4v) is 4.82. The van der Waals surface area contributed by atoms with E-state index in [-0.39, 0.29) is 0 Å². The van der Waals surface area contributed by atoms with Gasteiger partial charge in [-0.2, -0.15) is 0 Å². The number of quaternary nitrogens is 1. The van der Waals surface area contributed by atoms with Crippen LogP contribution in [0.1, 0.15) is 37.9 Å². The summed E-state index contributed by atoms with van der Waals surface area (Å²) in [6.07, 6.45) is 8.13. The standard InChI is InChI=1S/C20H25N3OS/c25-20(21-15-6-2-1-3-7-15)22-16-12-17-8-4-9-18(13-16)23(17)14-19-10-5-11-24-19/h1-3,5-7,10-11,16-18H,4,8-9,12-14H2,(H2,21,22,25)/p+1/t16?,17-,18+. The zero-order valence-electron chi connectivity index (χ0n) is 14.4. The van der Waals surface area contributed by atoms with Crippen molar-refractivity contribution >= 4 is 23.0 Å². The summed E-state index contributed by atoms with van der Waals surface area (Å²) in [6, 6.07) is 16.1. The molecule has 2 aliphatic heterocycles. The minimum absolute atomic E-state index is 0.472. The molecule has 4 nitrogen and oxygen atoms in total. The zero-order chi connectivity index (χ0) is 17.1. The van der Waals surface area contributed by atoms with Crippen molar-refractivity contribution in [1.29, 1.82) is 0 Å². The van der Waals surface area contributed by atoms with Crippen molar-refractivity contribution in [2.45, 2.75) is 56.8 Å². The third kappa shape index (κ3) is 4.05. The summed E-state index contributed by atoms with van der Waals surface area (Å²) in [5.74, 6) is 1.11. The first-order chi connectivity index (χ1) is 12.3. The van der Waals surface area contributed by atoms with Crippen LogP contribution in [-0.2, 0) is 6.54 Å². The number of para-hydroxylation sites is 1. The van der Waals surface area contributed by atoms with E-state index in [4.69, 9.17) is 16.6 Å². The molecule has 1 aromatic carbocycles. The van der Waals surface area contributed by atoms with Crippen LogP contribution in [0.15, 0.2) is 53.1 Å². The van der Waals surface area contributed by atoms with Crippen molar-refractivity contribution in [2.24, 2.45) is 0 Å². The van der Waals surface area contributed by atoms with Crippen molar-refractivity contribution in [3.8, 4) is 0 Å². The molecule has 2 aromatic rings. The lowest BCUT2D eigenvalue weighted by Crippen LogP contribution is -3.20. The number of thiocarbonyl (C=S) groups is 1. The molecular weight excluding hydrogens is 330 g/mol. The highest BCUT2D eigenvalue weighted by Crippen LogP contribution is 2.23. The Morgan fingerprint density at radius 3 is 2.52 bits per heavy atom. The van der Waals surface area contributed by atoms with Gasteiger partial charge in [0.1, 0.15) is 6.54 Å². The van der Waals surface area contributed by atoms with E-state index in [9.17, 15) is 0 Å². The van der Waals surface area contributed by atoms with Gasteiger partial charge in [0.15, 0.2) is 10.9 Å². The minimum atomic E-state index is 0.472. The Kier molecular flexibility index (Phi) is 5.04. The zero-order valence-corrected chi connectivity index (χ0v) is 15.2. The number of furan rings is 1. The van der Waals surface area contributed by atoms with E-state index in [1.54, 1.807) is 11.2 Å². The number of benzene rings is 1. The van der Waals surface area contributed by atoms with E-state index in [2.05, 4.69) is 16.7 Å². The Morgan fingerprint density at radius 2 is 1.84 bits per heavy atom. The quantitative estimate of drug-likeness (QED) is 0.737. The summed E-state index contributed by atoms with van der Waals surface area (Å²) in [6.45, 7) is 1.02. The Hall–Kier alpha value is -1.85. The minimum Gasteiger partial charge on any atom is -0.463 e. The molecule has 25 heavy (non-hydrogen) atoms. The number of piperidine rings is 2. The Bertz CT molecular complexity index is 674. The molecule has 2 bridgehead atoms. The van der Waals surface area contributed by atoms with Crippen molar-refractivity contribution in [1.82, 2.24) is 5.32 Å². The molecule has 2 aliphatic rings. The molecule has 4 atom stereocenters. The van der Waals surface area contributed by atoms with Crippen LogP contribution < -0.4 is 15.5 Å². The number of hydrogen-bond acceptors (Lipinski definition) is 2. The lowest BCUT2D eigenvalue weighted by atomic mass is 9.81. The summed E-state index contributed by atoms with van der Waals surface area (Å²) >= 11 is 5.53. The van der Waals surface area contributed by atoms with Crippen LogP contribution >= 0.6 is 12.2 Å². The van der Waals surface area contributed by atoms with Crippen molar-refractivity contribution in [3.63, 3.8) is 0 Å². The van der Waals surface area contributed by atoms with Crippen LogP contribution in [0.4, 0.5) is 5.69 Å². The molecule has 2 unspecified atom stereocenters. The first-order valence-electron chi connectivity index (χ1n) is 9.28. The second-order valence-corrected chi connectivity index (χ2v) is 7.70. The van der Waals surface area contributed by atoms with Gasteiger partial charge in [-0.15, -0.1) is 0 Å². The fraction of sp³-hybridized carbons (Fsp3) is 0.450. The summed E-state index contributed by atoms with van der Waals surface area (Å²) in [4.78, 5) is 1.71. The largest absolute Gasteiger partial charge is 0.463 e. The normalized spacial score (nSPS) is 28.3. The molecule has 0 spiro atoms. The van der Waals surface area contributed by atoms with E-state index >= 15 is 0 Å². The average Bonchev–Trinajstić information content (AvgIpc) is 3.09. The van der Waals surface area contributed by atoms with E-state index in [0.29, 0.717) is 18.1 Å². The second-order valence-electron chi connectivity index (χ2n) is 7.29. The van der Waals surface area contributed by atoms with E-state index in [1.165, 1.54) is 32.1 Å². The number of anilines is 1. The third-order valence-corrected chi connectivity index (χ3v) is 5.84. The number of rotatable bonds is 4. The van der Waals surface area contributed by atoms with Crippen molar-refractivity contribution in [3.05, 3.63) is 54.5 Å². The predicted molar refractivity (Wildman–Crippen MR) is 104 cm³/mol. The van der Waals surface area contributed by atoms with Crippen molar-refractivity contribution < 1.29 is 9.32 Å². The highest BCUT2D eigenvalue weighted by Gasteiger charge is 2.42. The van der Waals surface area contributed by atoms with Gasteiger partial charge in [-0.1, -0.05) is 18.2 Å². The molecular formula is C20H26N3OS+. The molecule has 3 N–H and O–H groups in total. The van der Waals surface area contributed by atoms with Gasteiger partial charge < -0.3 is 20.0 Å². The van der Waals surface area contributed by atoms with E-state index in [1.807, 2.05) is 36.4 Å². The molecule has 2 saturated heterocycles. The number of nitrogens with one attached hydrogen (secondary N) is 3. The third-order valence-electron chi connectivity index (χ3n) is 5.62. The van der Waals surface area contributed by atoms with Gasteiger partial charge in [0, 0.05) is 24.6 Å². The maximum atomic E-state index is 5.59. The van der Waals surface area contributed by atoms with Crippen LogP contribution in [0.2, 0.25) is 0 Å². The smallest absolute Gasteiger partial charge is 0.171 e. The van der Waals surface area contributed by atoms with Gasteiger partial charge >= 0.3 is 0 Å². The van der Waals surface area contributed by atoms with Gasteiger partial charge in [0.05, 0.1) is 18.3 Å². The molecule has 0 radical (unpaired) electrons. The maximum absolute atomic E-state index is 5.59. The average molecular weight is 357 g/mol. The molecule has 0 aliphatic carbocycles. The molecule has 5 heteroatoms. The molecule has 4 rings (SSSR count). The van der Waals surface area contributed by atoms with Crippen LogP contribution in [0.3, 0.4) is 0 Å². The van der Waals surface area contributed by atoms with Crippen LogP contribution in [-0.4, -0.2) is 23.2 Å². The van der Waals surface area contributed by atoms with Gasteiger partial charge in [-0.3, -0.25) is 0 Å².